The summed E-state index contributed by atoms with van der Waals surface area (Å²) in [5, 5.41) is 8.56. The van der Waals surface area contributed by atoms with Crippen LogP contribution in [0.25, 0.3) is 0 Å². The van der Waals surface area contributed by atoms with Gasteiger partial charge in [-0.15, -0.1) is 0 Å². The molecule has 4 nitrogen and oxygen atoms in total. The van der Waals surface area contributed by atoms with E-state index in [-0.39, 0.29) is 0 Å². The molecule has 0 amide bonds. The highest BCUT2D eigenvalue weighted by Gasteiger charge is 2.20. The molecule has 4 heteroatoms. The van der Waals surface area contributed by atoms with Crippen LogP contribution in [0.4, 0.5) is 0 Å². The van der Waals surface area contributed by atoms with Gasteiger partial charge < -0.3 is 14.2 Å². The molecule has 0 aromatic heterocycles. The predicted molar refractivity (Wildman–Crippen MR) is 36.4 cm³/mol. The number of nitriles is 1. The maximum absolute atomic E-state index is 8.56. The lowest BCUT2D eigenvalue weighted by Crippen LogP contribution is -2.10. The van der Waals surface area contributed by atoms with Crippen molar-refractivity contribution < 1.29 is 14.2 Å². The Morgan fingerprint density at radius 1 is 1.64 bits per heavy atom. The molecule has 0 aliphatic carbocycles. The van der Waals surface area contributed by atoms with Crippen LogP contribution in [-0.2, 0) is 14.2 Å². The zero-order valence-electron chi connectivity index (χ0n) is 6.24. The van der Waals surface area contributed by atoms with Gasteiger partial charge in [-0.2, -0.15) is 5.26 Å². The fourth-order valence-corrected chi connectivity index (χ4v) is 0.800. The molecule has 0 saturated carbocycles. The Labute approximate surface area is 65.0 Å². The molecule has 1 rings (SSSR count). The minimum absolute atomic E-state index is 0.366. The predicted octanol–water partition coefficient (Wildman–Crippen LogP) is 0.413. The zero-order valence-corrected chi connectivity index (χ0v) is 6.24. The van der Waals surface area contributed by atoms with Crippen molar-refractivity contribution in [3.63, 3.8) is 0 Å². The van der Waals surface area contributed by atoms with Gasteiger partial charge in [0, 0.05) is 0 Å². The Morgan fingerprint density at radius 3 is 2.73 bits per heavy atom. The Kier molecular flexibility index (Phi) is 2.90. The largest absolute Gasteiger partial charge is 0.503 e. The average molecular weight is 155 g/mol. The maximum atomic E-state index is 8.56. The van der Waals surface area contributed by atoms with Gasteiger partial charge in [-0.25, -0.2) is 0 Å². The lowest BCUT2D eigenvalue weighted by Gasteiger charge is -2.05. The Bertz CT molecular complexity index is 188. The summed E-state index contributed by atoms with van der Waals surface area (Å²) in [5.74, 6) is 0. The van der Waals surface area contributed by atoms with Crippen LogP contribution in [0, 0.1) is 11.3 Å². The van der Waals surface area contributed by atoms with Crippen molar-refractivity contribution in [2.24, 2.45) is 0 Å². The van der Waals surface area contributed by atoms with Crippen LogP contribution in [0.2, 0.25) is 0 Å². The summed E-state index contributed by atoms with van der Waals surface area (Å²) < 4.78 is 14.8. The number of hydrogen-bond donors (Lipinski definition) is 0. The quantitative estimate of drug-likeness (QED) is 0.428. The van der Waals surface area contributed by atoms with Gasteiger partial charge in [0.15, 0.2) is 6.29 Å². The standard InChI is InChI=1S/C7H9NO3/c1-9-5-6(4-8)7-10-2-3-11-7/h5,7H,2-3H2,1H3/b6-5+. The molecular formula is C7H9NO3. The topological polar surface area (TPSA) is 51.5 Å². The first-order valence-corrected chi connectivity index (χ1v) is 3.24. The molecule has 1 fully saturated rings. The zero-order chi connectivity index (χ0) is 8.10. The fraction of sp³-hybridized carbons (Fsp3) is 0.571. The Hall–Kier alpha value is -1.05. The third-order valence-corrected chi connectivity index (χ3v) is 1.25. The van der Waals surface area contributed by atoms with Gasteiger partial charge in [0.05, 0.1) is 20.3 Å². The highest BCUT2D eigenvalue weighted by molar-refractivity contribution is 5.21. The van der Waals surface area contributed by atoms with E-state index in [2.05, 4.69) is 4.74 Å². The van der Waals surface area contributed by atoms with Crippen molar-refractivity contribution in [3.05, 3.63) is 11.8 Å². The molecule has 0 N–H and O–H groups in total. The van der Waals surface area contributed by atoms with Crippen molar-refractivity contribution in [1.82, 2.24) is 0 Å². The van der Waals surface area contributed by atoms with Gasteiger partial charge in [0.2, 0.25) is 0 Å². The van der Waals surface area contributed by atoms with E-state index in [1.165, 1.54) is 13.4 Å². The first-order valence-electron chi connectivity index (χ1n) is 3.24. The van der Waals surface area contributed by atoms with Crippen LogP contribution in [0.1, 0.15) is 0 Å². The van der Waals surface area contributed by atoms with E-state index >= 15 is 0 Å². The van der Waals surface area contributed by atoms with Gasteiger partial charge in [-0.3, -0.25) is 0 Å². The van der Waals surface area contributed by atoms with Crippen molar-refractivity contribution in [3.8, 4) is 6.07 Å². The molecule has 11 heavy (non-hydrogen) atoms. The lowest BCUT2D eigenvalue weighted by atomic mass is 10.3. The van der Waals surface area contributed by atoms with Crippen molar-refractivity contribution in [2.75, 3.05) is 20.3 Å². The first-order chi connectivity index (χ1) is 5.38. The average Bonchev–Trinajstić information content (AvgIpc) is 2.52. The van der Waals surface area contributed by atoms with E-state index in [4.69, 9.17) is 14.7 Å². The van der Waals surface area contributed by atoms with E-state index in [0.29, 0.717) is 18.8 Å². The molecule has 0 aromatic carbocycles. The number of nitrogens with zero attached hydrogens (tertiary/aromatic N) is 1. The van der Waals surface area contributed by atoms with Crippen molar-refractivity contribution in [2.45, 2.75) is 6.29 Å². The summed E-state index contributed by atoms with van der Waals surface area (Å²) >= 11 is 0. The molecule has 0 radical (unpaired) electrons. The smallest absolute Gasteiger partial charge is 0.196 e. The lowest BCUT2D eigenvalue weighted by molar-refractivity contribution is -0.00952. The monoisotopic (exact) mass is 155 g/mol. The normalized spacial score (nSPS) is 19.8. The Balaban J connectivity index is 2.55. The fourth-order valence-electron chi connectivity index (χ4n) is 0.800. The minimum atomic E-state index is -0.528. The summed E-state index contributed by atoms with van der Waals surface area (Å²) in [7, 11) is 1.48. The van der Waals surface area contributed by atoms with Crippen LogP contribution in [-0.4, -0.2) is 26.6 Å². The van der Waals surface area contributed by atoms with E-state index in [1.807, 2.05) is 6.07 Å². The van der Waals surface area contributed by atoms with Crippen LogP contribution < -0.4 is 0 Å². The molecule has 0 spiro atoms. The molecule has 1 saturated heterocycles. The first kappa shape index (κ1) is 8.05. The molecular weight excluding hydrogens is 146 g/mol. The number of hydrogen-bond acceptors (Lipinski definition) is 4. The third kappa shape index (κ3) is 1.93. The van der Waals surface area contributed by atoms with E-state index in [0.717, 1.165) is 0 Å². The molecule has 1 aliphatic rings. The van der Waals surface area contributed by atoms with Gasteiger partial charge in [0.1, 0.15) is 17.9 Å². The Morgan fingerprint density at radius 2 is 2.27 bits per heavy atom. The molecule has 0 bridgehead atoms. The van der Waals surface area contributed by atoms with Gasteiger partial charge in [-0.05, 0) is 0 Å². The SMILES string of the molecule is CO/C=C(\C#N)C1OCCO1. The number of ether oxygens (including phenoxy) is 3. The molecule has 1 heterocycles. The molecule has 0 atom stereocenters. The second-order valence-corrected chi connectivity index (χ2v) is 1.99. The van der Waals surface area contributed by atoms with E-state index in [9.17, 15) is 0 Å². The summed E-state index contributed by atoms with van der Waals surface area (Å²) in [4.78, 5) is 0. The van der Waals surface area contributed by atoms with Crippen LogP contribution >= 0.6 is 0 Å². The highest BCUT2D eigenvalue weighted by atomic mass is 16.7. The minimum Gasteiger partial charge on any atom is -0.503 e. The number of methoxy groups -OCH3 is 1. The number of rotatable bonds is 2. The van der Waals surface area contributed by atoms with E-state index in [1.54, 1.807) is 0 Å². The summed E-state index contributed by atoms with van der Waals surface area (Å²) in [6, 6.07) is 1.93. The molecule has 0 aromatic rings. The summed E-state index contributed by atoms with van der Waals surface area (Å²) in [6.45, 7) is 1.07. The van der Waals surface area contributed by atoms with Crippen LogP contribution in [0.5, 0.6) is 0 Å². The second-order valence-electron chi connectivity index (χ2n) is 1.99. The summed E-state index contributed by atoms with van der Waals surface area (Å²) in [6.07, 6.45) is 0.802. The second kappa shape index (κ2) is 3.96. The highest BCUT2D eigenvalue weighted by Crippen LogP contribution is 2.12. The van der Waals surface area contributed by atoms with Gasteiger partial charge in [0.25, 0.3) is 0 Å². The third-order valence-electron chi connectivity index (χ3n) is 1.25. The summed E-state index contributed by atoms with van der Waals surface area (Å²) in [5.41, 5.74) is 0.366. The molecule has 0 unspecified atom stereocenters. The van der Waals surface area contributed by atoms with E-state index < -0.39 is 6.29 Å². The van der Waals surface area contributed by atoms with Crippen LogP contribution in [0.3, 0.4) is 0 Å². The maximum Gasteiger partial charge on any atom is 0.196 e. The van der Waals surface area contributed by atoms with Gasteiger partial charge >= 0.3 is 0 Å². The van der Waals surface area contributed by atoms with Crippen molar-refractivity contribution >= 4 is 0 Å². The molecule has 1 aliphatic heterocycles. The molecule has 60 valence electrons. The van der Waals surface area contributed by atoms with Gasteiger partial charge in [-0.1, -0.05) is 0 Å². The van der Waals surface area contributed by atoms with Crippen LogP contribution in [0.15, 0.2) is 11.8 Å². The van der Waals surface area contributed by atoms with Crippen molar-refractivity contribution in [1.29, 1.82) is 5.26 Å².